The molecule has 154 valence electrons. The van der Waals surface area contributed by atoms with Crippen molar-refractivity contribution in [2.45, 2.75) is 18.5 Å². The number of hydrogen-bond acceptors (Lipinski definition) is 7. The van der Waals surface area contributed by atoms with Crippen molar-refractivity contribution in [2.75, 3.05) is 20.4 Å². The minimum Gasteiger partial charge on any atom is -0.454 e. The third-order valence-electron chi connectivity index (χ3n) is 5.35. The number of rotatable bonds is 4. The van der Waals surface area contributed by atoms with Crippen LogP contribution in [0.4, 0.5) is 4.39 Å². The summed E-state index contributed by atoms with van der Waals surface area (Å²) in [4.78, 5) is 19.0. The first kappa shape index (κ1) is 18.6. The van der Waals surface area contributed by atoms with E-state index in [2.05, 4.69) is 20.4 Å². The SMILES string of the molecule is CN1C[C@@H](NC(=O)c2ccc(F)cc2)C[C@H]1c1nc(-c2ccc3c(c2)OCO3)no1. The van der Waals surface area contributed by atoms with E-state index in [1.54, 1.807) is 0 Å². The number of likely N-dealkylation sites (tertiary alicyclic amines) is 1. The first-order valence-electron chi connectivity index (χ1n) is 9.57. The van der Waals surface area contributed by atoms with E-state index in [-0.39, 0.29) is 30.6 Å². The van der Waals surface area contributed by atoms with Gasteiger partial charge in [-0.1, -0.05) is 5.16 Å². The number of nitrogens with zero attached hydrogens (tertiary/aromatic N) is 3. The predicted molar refractivity (Wildman–Crippen MR) is 103 cm³/mol. The Bertz CT molecular complexity index is 1080. The summed E-state index contributed by atoms with van der Waals surface area (Å²) in [6.07, 6.45) is 0.631. The Morgan fingerprint density at radius 3 is 2.80 bits per heavy atom. The smallest absolute Gasteiger partial charge is 0.251 e. The lowest BCUT2D eigenvalue weighted by atomic mass is 10.1. The van der Waals surface area contributed by atoms with Crippen molar-refractivity contribution >= 4 is 5.91 Å². The van der Waals surface area contributed by atoms with Crippen LogP contribution in [-0.4, -0.2) is 47.4 Å². The largest absolute Gasteiger partial charge is 0.454 e. The van der Waals surface area contributed by atoms with Gasteiger partial charge in [0, 0.05) is 23.7 Å². The summed E-state index contributed by atoms with van der Waals surface area (Å²) in [6, 6.07) is 10.8. The molecule has 9 heteroatoms. The molecular weight excluding hydrogens is 391 g/mol. The van der Waals surface area contributed by atoms with Crippen LogP contribution in [0.15, 0.2) is 47.0 Å². The molecule has 8 nitrogen and oxygen atoms in total. The topological polar surface area (TPSA) is 89.7 Å². The predicted octanol–water partition coefficient (Wildman–Crippen LogP) is 2.78. The molecule has 2 atom stereocenters. The van der Waals surface area contributed by atoms with Gasteiger partial charge in [0.25, 0.3) is 5.91 Å². The van der Waals surface area contributed by atoms with Crippen LogP contribution in [-0.2, 0) is 0 Å². The van der Waals surface area contributed by atoms with Crippen LogP contribution in [0.3, 0.4) is 0 Å². The molecule has 1 N–H and O–H groups in total. The van der Waals surface area contributed by atoms with Crippen molar-refractivity contribution in [3.63, 3.8) is 0 Å². The van der Waals surface area contributed by atoms with Crippen molar-refractivity contribution in [1.82, 2.24) is 20.4 Å². The Morgan fingerprint density at radius 1 is 1.17 bits per heavy atom. The van der Waals surface area contributed by atoms with Crippen LogP contribution in [0.1, 0.15) is 28.7 Å². The zero-order valence-corrected chi connectivity index (χ0v) is 16.2. The minimum atomic E-state index is -0.373. The summed E-state index contributed by atoms with van der Waals surface area (Å²) < 4.78 is 29.3. The number of hydrogen-bond donors (Lipinski definition) is 1. The Balaban J connectivity index is 1.27. The van der Waals surface area contributed by atoms with Gasteiger partial charge in [0.1, 0.15) is 5.82 Å². The van der Waals surface area contributed by atoms with Crippen LogP contribution in [0.25, 0.3) is 11.4 Å². The van der Waals surface area contributed by atoms with Crippen LogP contribution in [0.2, 0.25) is 0 Å². The lowest BCUT2D eigenvalue weighted by molar-refractivity contribution is 0.0938. The number of aromatic nitrogens is 2. The quantitative estimate of drug-likeness (QED) is 0.707. The molecule has 0 saturated carbocycles. The number of ether oxygens (including phenoxy) is 2. The summed E-state index contributed by atoms with van der Waals surface area (Å²) in [6.45, 7) is 0.841. The maximum atomic E-state index is 13.1. The number of likely N-dealkylation sites (N-methyl/N-ethyl adjacent to an activating group) is 1. The lowest BCUT2D eigenvalue weighted by Crippen LogP contribution is -2.36. The van der Waals surface area contributed by atoms with Gasteiger partial charge in [0.2, 0.25) is 18.5 Å². The molecule has 5 rings (SSSR count). The number of fused-ring (bicyclic) bond motifs is 1. The third kappa shape index (κ3) is 3.48. The van der Waals surface area contributed by atoms with E-state index < -0.39 is 0 Å². The van der Waals surface area contributed by atoms with E-state index in [4.69, 9.17) is 14.0 Å². The second-order valence-electron chi connectivity index (χ2n) is 7.39. The van der Waals surface area contributed by atoms with E-state index in [0.717, 1.165) is 5.56 Å². The average molecular weight is 410 g/mol. The first-order valence-corrected chi connectivity index (χ1v) is 9.57. The van der Waals surface area contributed by atoms with E-state index in [1.807, 2.05) is 25.2 Å². The molecule has 0 unspecified atom stereocenters. The Kier molecular flexibility index (Phi) is 4.59. The molecule has 2 aliphatic heterocycles. The standard InChI is InChI=1S/C21H19FN4O4/c1-26-10-15(23-20(27)12-2-5-14(22)6-3-12)9-16(26)21-24-19(25-30-21)13-4-7-17-18(8-13)29-11-28-17/h2-8,15-16H,9-11H2,1H3,(H,23,27)/t15-,16-/m0/s1. The van der Waals surface area contributed by atoms with E-state index in [9.17, 15) is 9.18 Å². The summed E-state index contributed by atoms with van der Waals surface area (Å²) in [5.74, 6) is 1.69. The average Bonchev–Trinajstić information content (AvgIpc) is 3.47. The van der Waals surface area contributed by atoms with Gasteiger partial charge >= 0.3 is 0 Å². The van der Waals surface area contributed by atoms with Crippen LogP contribution in [0.5, 0.6) is 11.5 Å². The fourth-order valence-electron chi connectivity index (χ4n) is 3.79. The van der Waals surface area contributed by atoms with E-state index >= 15 is 0 Å². The maximum absolute atomic E-state index is 13.1. The normalized spacial score (nSPS) is 20.5. The highest BCUT2D eigenvalue weighted by Gasteiger charge is 2.35. The monoisotopic (exact) mass is 410 g/mol. The van der Waals surface area contributed by atoms with Crippen molar-refractivity contribution in [1.29, 1.82) is 0 Å². The molecule has 1 fully saturated rings. The van der Waals surface area contributed by atoms with Gasteiger partial charge in [-0.2, -0.15) is 4.98 Å². The van der Waals surface area contributed by atoms with Crippen LogP contribution in [0, 0.1) is 5.82 Å². The molecule has 3 heterocycles. The fraction of sp³-hybridized carbons (Fsp3) is 0.286. The summed E-state index contributed by atoms with van der Waals surface area (Å²) >= 11 is 0. The molecule has 1 saturated heterocycles. The van der Waals surface area contributed by atoms with Gasteiger partial charge in [-0.15, -0.1) is 0 Å². The summed E-state index contributed by atoms with van der Waals surface area (Å²) in [5.41, 5.74) is 1.20. The van der Waals surface area contributed by atoms with Gasteiger partial charge in [0.05, 0.1) is 6.04 Å². The molecule has 0 bridgehead atoms. The lowest BCUT2D eigenvalue weighted by Gasteiger charge is -2.14. The fourth-order valence-corrected chi connectivity index (χ4v) is 3.79. The number of carbonyl (C=O) groups excluding carboxylic acids is 1. The zero-order valence-electron chi connectivity index (χ0n) is 16.2. The molecule has 2 aliphatic rings. The molecule has 1 aromatic heterocycles. The van der Waals surface area contributed by atoms with Crippen molar-refractivity contribution < 1.29 is 23.2 Å². The van der Waals surface area contributed by atoms with Gasteiger partial charge in [-0.3, -0.25) is 9.69 Å². The van der Waals surface area contributed by atoms with Crippen molar-refractivity contribution in [3.05, 3.63) is 59.7 Å². The second kappa shape index (κ2) is 7.42. The third-order valence-corrected chi connectivity index (χ3v) is 5.35. The molecule has 0 radical (unpaired) electrons. The van der Waals surface area contributed by atoms with E-state index in [0.29, 0.717) is 41.7 Å². The van der Waals surface area contributed by atoms with Crippen LogP contribution < -0.4 is 14.8 Å². The van der Waals surface area contributed by atoms with Gasteiger partial charge < -0.3 is 19.3 Å². The van der Waals surface area contributed by atoms with Gasteiger partial charge in [-0.25, -0.2) is 4.39 Å². The molecule has 3 aromatic rings. The summed E-state index contributed by atoms with van der Waals surface area (Å²) in [5, 5.41) is 7.09. The Labute approximate surface area is 171 Å². The van der Waals surface area contributed by atoms with Gasteiger partial charge in [0.15, 0.2) is 11.5 Å². The number of amides is 1. The number of halogens is 1. The molecule has 30 heavy (non-hydrogen) atoms. The number of carbonyl (C=O) groups is 1. The highest BCUT2D eigenvalue weighted by Crippen LogP contribution is 2.36. The zero-order chi connectivity index (χ0) is 20.7. The molecule has 0 aliphatic carbocycles. The molecule has 0 spiro atoms. The second-order valence-corrected chi connectivity index (χ2v) is 7.39. The highest BCUT2D eigenvalue weighted by molar-refractivity contribution is 5.94. The first-order chi connectivity index (χ1) is 14.6. The van der Waals surface area contributed by atoms with E-state index in [1.165, 1.54) is 24.3 Å². The van der Waals surface area contributed by atoms with Gasteiger partial charge in [-0.05, 0) is 55.9 Å². The maximum Gasteiger partial charge on any atom is 0.251 e. The molecule has 2 aromatic carbocycles. The Hall–Kier alpha value is -3.46. The number of nitrogens with one attached hydrogen (secondary N) is 1. The Morgan fingerprint density at radius 2 is 1.97 bits per heavy atom. The number of benzene rings is 2. The summed E-state index contributed by atoms with van der Waals surface area (Å²) in [7, 11) is 1.94. The highest BCUT2D eigenvalue weighted by atomic mass is 19.1. The minimum absolute atomic E-state index is 0.0848. The van der Waals surface area contributed by atoms with Crippen LogP contribution >= 0.6 is 0 Å². The molecule has 1 amide bonds. The van der Waals surface area contributed by atoms with Crippen molar-refractivity contribution in [3.8, 4) is 22.9 Å². The van der Waals surface area contributed by atoms with Crippen molar-refractivity contribution in [2.24, 2.45) is 0 Å². The molecular formula is C21H19FN4O4.